The van der Waals surface area contributed by atoms with Crippen LogP contribution < -0.4 is 4.72 Å². The molecular weight excluding hydrogens is 358 g/mol. The number of carboxylic acids is 1. The fourth-order valence-electron chi connectivity index (χ4n) is 1.90. The third-order valence-electron chi connectivity index (χ3n) is 3.13. The molecule has 0 saturated heterocycles. The topological polar surface area (TPSA) is 83.5 Å². The molecule has 1 aliphatic rings. The highest BCUT2D eigenvalue weighted by atomic mass is 79.9. The lowest BCUT2D eigenvalue weighted by Crippen LogP contribution is -2.58. The number of hydrogen-bond donors (Lipinski definition) is 2. The van der Waals surface area contributed by atoms with E-state index >= 15 is 0 Å². The van der Waals surface area contributed by atoms with E-state index in [1.165, 1.54) is 18.2 Å². The minimum atomic E-state index is -3.95. The van der Waals surface area contributed by atoms with Crippen LogP contribution in [0.5, 0.6) is 0 Å². The maximum absolute atomic E-state index is 12.2. The summed E-state index contributed by atoms with van der Waals surface area (Å²) >= 11 is 9.07. The van der Waals surface area contributed by atoms with Crippen molar-refractivity contribution in [3.63, 3.8) is 0 Å². The Bertz CT molecular complexity index is 628. The van der Waals surface area contributed by atoms with E-state index in [1.807, 2.05) is 0 Å². The minimum Gasteiger partial charge on any atom is -0.480 e. The lowest BCUT2D eigenvalue weighted by Gasteiger charge is -2.37. The summed E-state index contributed by atoms with van der Waals surface area (Å²) in [6.07, 6.45) is 1.26. The Kier molecular flexibility index (Phi) is 3.92. The third-order valence-corrected chi connectivity index (χ3v) is 5.64. The summed E-state index contributed by atoms with van der Waals surface area (Å²) < 4.78 is 27.3. The first-order valence-corrected chi connectivity index (χ1v) is 8.15. The van der Waals surface area contributed by atoms with Crippen molar-refractivity contribution in [1.82, 2.24) is 4.72 Å². The molecule has 104 valence electrons. The van der Waals surface area contributed by atoms with Gasteiger partial charge in [0, 0.05) is 4.47 Å². The van der Waals surface area contributed by atoms with Crippen molar-refractivity contribution in [2.24, 2.45) is 0 Å². The van der Waals surface area contributed by atoms with Gasteiger partial charge in [-0.3, -0.25) is 4.79 Å². The molecular formula is C11H11BrClNO4S. The molecule has 0 unspecified atom stereocenters. The van der Waals surface area contributed by atoms with E-state index in [4.69, 9.17) is 16.7 Å². The van der Waals surface area contributed by atoms with Gasteiger partial charge in [0.2, 0.25) is 10.0 Å². The van der Waals surface area contributed by atoms with Gasteiger partial charge in [-0.2, -0.15) is 4.72 Å². The van der Waals surface area contributed by atoms with Crippen LogP contribution in [0.2, 0.25) is 5.02 Å². The quantitative estimate of drug-likeness (QED) is 0.855. The summed E-state index contributed by atoms with van der Waals surface area (Å²) in [6, 6.07) is 4.32. The molecule has 0 spiro atoms. The van der Waals surface area contributed by atoms with Crippen LogP contribution >= 0.6 is 27.5 Å². The standard InChI is InChI=1S/C11H11BrClNO4S/c12-7-2-3-9(8(13)6-7)19(17,18)14-11(10(15)16)4-1-5-11/h2-3,6,14H,1,4-5H2,(H,15,16). The van der Waals surface area contributed by atoms with Gasteiger partial charge < -0.3 is 5.11 Å². The second-order valence-electron chi connectivity index (χ2n) is 4.42. The van der Waals surface area contributed by atoms with E-state index in [0.717, 1.165) is 0 Å². The van der Waals surface area contributed by atoms with Crippen LogP contribution in [0, 0.1) is 0 Å². The van der Waals surface area contributed by atoms with Crippen LogP contribution in [0.1, 0.15) is 19.3 Å². The van der Waals surface area contributed by atoms with Gasteiger partial charge in [0.25, 0.3) is 0 Å². The largest absolute Gasteiger partial charge is 0.480 e. The maximum atomic E-state index is 12.2. The highest BCUT2D eigenvalue weighted by molar-refractivity contribution is 9.10. The minimum absolute atomic E-state index is 0.0433. The van der Waals surface area contributed by atoms with Crippen LogP contribution in [0.4, 0.5) is 0 Å². The van der Waals surface area contributed by atoms with Crippen molar-refractivity contribution in [3.8, 4) is 0 Å². The highest BCUT2D eigenvalue weighted by Gasteiger charge is 2.47. The number of carboxylic acid groups (broad SMARTS) is 1. The van der Waals surface area contributed by atoms with E-state index in [1.54, 1.807) is 0 Å². The summed E-state index contributed by atoms with van der Waals surface area (Å²) in [4.78, 5) is 11.1. The van der Waals surface area contributed by atoms with Crippen molar-refractivity contribution in [2.75, 3.05) is 0 Å². The molecule has 1 aliphatic carbocycles. The van der Waals surface area contributed by atoms with Crippen molar-refractivity contribution in [1.29, 1.82) is 0 Å². The average Bonchev–Trinajstić information content (AvgIpc) is 2.22. The molecule has 2 rings (SSSR count). The first-order chi connectivity index (χ1) is 8.77. The average molecular weight is 369 g/mol. The van der Waals surface area contributed by atoms with Gasteiger partial charge in [-0.05, 0) is 37.5 Å². The molecule has 0 atom stereocenters. The summed E-state index contributed by atoms with van der Waals surface area (Å²) in [6.45, 7) is 0. The molecule has 1 aromatic rings. The predicted molar refractivity (Wildman–Crippen MR) is 73.7 cm³/mol. The highest BCUT2D eigenvalue weighted by Crippen LogP contribution is 2.35. The molecule has 5 nitrogen and oxygen atoms in total. The van der Waals surface area contributed by atoms with Crippen LogP contribution in [0.25, 0.3) is 0 Å². The van der Waals surface area contributed by atoms with Gasteiger partial charge in [-0.1, -0.05) is 27.5 Å². The molecule has 2 N–H and O–H groups in total. The molecule has 1 aromatic carbocycles. The molecule has 0 aromatic heterocycles. The molecule has 0 bridgehead atoms. The Labute approximate surface area is 124 Å². The predicted octanol–water partition coefficient (Wildman–Crippen LogP) is 2.39. The van der Waals surface area contributed by atoms with Crippen molar-refractivity contribution < 1.29 is 18.3 Å². The number of hydrogen-bond acceptors (Lipinski definition) is 3. The number of carbonyl (C=O) groups is 1. The Hall–Kier alpha value is -0.630. The maximum Gasteiger partial charge on any atom is 0.324 e. The van der Waals surface area contributed by atoms with Gasteiger partial charge in [-0.25, -0.2) is 8.42 Å². The Morgan fingerprint density at radius 3 is 2.47 bits per heavy atom. The zero-order valence-corrected chi connectivity index (χ0v) is 12.8. The number of halogens is 2. The summed E-state index contributed by atoms with van der Waals surface area (Å²) in [5.74, 6) is -1.16. The normalized spacial score (nSPS) is 17.8. The third kappa shape index (κ3) is 2.79. The first-order valence-electron chi connectivity index (χ1n) is 5.49. The zero-order chi connectivity index (χ0) is 14.3. The van der Waals surface area contributed by atoms with Crippen molar-refractivity contribution >= 4 is 43.5 Å². The fraction of sp³-hybridized carbons (Fsp3) is 0.364. The number of benzene rings is 1. The Morgan fingerprint density at radius 2 is 2.05 bits per heavy atom. The number of aliphatic carboxylic acids is 1. The van der Waals surface area contributed by atoms with E-state index in [9.17, 15) is 13.2 Å². The molecule has 0 amide bonds. The lowest BCUT2D eigenvalue weighted by molar-refractivity contribution is -0.147. The second kappa shape index (κ2) is 5.05. The van der Waals surface area contributed by atoms with Crippen LogP contribution in [0.3, 0.4) is 0 Å². The monoisotopic (exact) mass is 367 g/mol. The smallest absolute Gasteiger partial charge is 0.324 e. The summed E-state index contributed by atoms with van der Waals surface area (Å²) in [5.41, 5.74) is -1.39. The molecule has 0 aliphatic heterocycles. The lowest BCUT2D eigenvalue weighted by atomic mass is 9.78. The molecule has 0 heterocycles. The van der Waals surface area contributed by atoms with Crippen molar-refractivity contribution in [2.45, 2.75) is 29.7 Å². The van der Waals surface area contributed by atoms with E-state index < -0.39 is 21.5 Å². The van der Waals surface area contributed by atoms with E-state index in [-0.39, 0.29) is 22.8 Å². The summed E-state index contributed by atoms with van der Waals surface area (Å²) in [7, 11) is -3.95. The van der Waals surface area contributed by atoms with Gasteiger partial charge in [-0.15, -0.1) is 0 Å². The summed E-state index contributed by atoms with van der Waals surface area (Å²) in [5, 5.41) is 9.18. The Balaban J connectivity index is 2.35. The molecule has 1 saturated carbocycles. The molecule has 8 heteroatoms. The van der Waals surface area contributed by atoms with E-state index in [0.29, 0.717) is 10.9 Å². The van der Waals surface area contributed by atoms with Crippen LogP contribution in [-0.4, -0.2) is 25.0 Å². The zero-order valence-electron chi connectivity index (χ0n) is 9.69. The molecule has 19 heavy (non-hydrogen) atoms. The van der Waals surface area contributed by atoms with Gasteiger partial charge in [0.15, 0.2) is 0 Å². The Morgan fingerprint density at radius 1 is 1.42 bits per heavy atom. The van der Waals surface area contributed by atoms with Gasteiger partial charge in [0.05, 0.1) is 5.02 Å². The fourth-order valence-corrected chi connectivity index (χ4v) is 4.35. The van der Waals surface area contributed by atoms with Gasteiger partial charge >= 0.3 is 5.97 Å². The number of sulfonamides is 1. The van der Waals surface area contributed by atoms with Crippen molar-refractivity contribution in [3.05, 3.63) is 27.7 Å². The number of nitrogens with one attached hydrogen (secondary N) is 1. The first kappa shape index (κ1) is 14.8. The van der Waals surface area contributed by atoms with Gasteiger partial charge in [0.1, 0.15) is 10.4 Å². The van der Waals surface area contributed by atoms with Crippen LogP contribution in [0.15, 0.2) is 27.6 Å². The molecule has 1 fully saturated rings. The van der Waals surface area contributed by atoms with E-state index in [2.05, 4.69) is 20.7 Å². The number of rotatable bonds is 4. The SMILES string of the molecule is O=C(O)C1(NS(=O)(=O)c2ccc(Br)cc2Cl)CCC1. The van der Waals surface area contributed by atoms with Crippen LogP contribution in [-0.2, 0) is 14.8 Å². The molecule has 0 radical (unpaired) electrons. The second-order valence-corrected chi connectivity index (χ2v) is 7.39.